The zero-order chi connectivity index (χ0) is 16.8. The molecule has 0 aromatic rings. The van der Waals surface area contributed by atoms with E-state index in [1.165, 1.54) is 11.4 Å². The third kappa shape index (κ3) is 5.22. The molecule has 0 saturated carbocycles. The predicted octanol–water partition coefficient (Wildman–Crippen LogP) is 0.349. The van der Waals surface area contributed by atoms with Crippen LogP contribution in [0.15, 0.2) is 0 Å². The van der Waals surface area contributed by atoms with E-state index >= 15 is 0 Å². The van der Waals surface area contributed by atoms with Crippen LogP contribution in [0.25, 0.3) is 0 Å². The number of methoxy groups -OCH3 is 1. The maximum atomic E-state index is 12.2. The lowest BCUT2D eigenvalue weighted by atomic mass is 9.99. The van der Waals surface area contributed by atoms with Gasteiger partial charge in [-0.3, -0.25) is 9.59 Å². The van der Waals surface area contributed by atoms with Crippen LogP contribution in [0.5, 0.6) is 0 Å². The first-order valence-electron chi connectivity index (χ1n) is 7.39. The van der Waals surface area contributed by atoms with Crippen LogP contribution in [0.4, 0.5) is 0 Å². The fraction of sp³-hybridized carbons (Fsp3) is 0.846. The van der Waals surface area contributed by atoms with Gasteiger partial charge in [0.25, 0.3) is 10.2 Å². The molecule has 1 rings (SSSR count). The van der Waals surface area contributed by atoms with Gasteiger partial charge in [-0.2, -0.15) is 17.4 Å². The normalized spacial score (nSPS) is 18.8. The van der Waals surface area contributed by atoms with Crippen molar-refractivity contribution < 1.29 is 27.9 Å². The summed E-state index contributed by atoms with van der Waals surface area (Å²) in [6.45, 7) is 2.26. The van der Waals surface area contributed by atoms with Crippen molar-refractivity contribution in [1.82, 2.24) is 9.03 Å². The van der Waals surface area contributed by atoms with Crippen LogP contribution in [0.1, 0.15) is 39.0 Å². The number of rotatable bonds is 8. The summed E-state index contributed by atoms with van der Waals surface area (Å²) in [5.41, 5.74) is 0. The Hall–Kier alpha value is -1.19. The SMILES string of the molecule is CCCCC(NS(=O)(=O)N1CCC(C(=O)OC)CC1)C(=O)O. The smallest absolute Gasteiger partial charge is 0.321 e. The number of hydrogen-bond donors (Lipinski definition) is 2. The molecule has 1 atom stereocenters. The van der Waals surface area contributed by atoms with Crippen molar-refractivity contribution in [2.75, 3.05) is 20.2 Å². The molecule has 0 amide bonds. The van der Waals surface area contributed by atoms with Gasteiger partial charge in [0.15, 0.2) is 0 Å². The van der Waals surface area contributed by atoms with Crippen molar-refractivity contribution in [3.05, 3.63) is 0 Å². The van der Waals surface area contributed by atoms with Crippen LogP contribution >= 0.6 is 0 Å². The molecule has 0 radical (unpaired) electrons. The molecule has 0 aromatic carbocycles. The van der Waals surface area contributed by atoms with Crippen molar-refractivity contribution in [3.8, 4) is 0 Å². The maximum Gasteiger partial charge on any atom is 0.321 e. The summed E-state index contributed by atoms with van der Waals surface area (Å²) < 4.78 is 32.6. The van der Waals surface area contributed by atoms with Crippen molar-refractivity contribution >= 4 is 22.1 Å². The minimum Gasteiger partial charge on any atom is -0.480 e. The van der Waals surface area contributed by atoms with Gasteiger partial charge in [0.05, 0.1) is 13.0 Å². The number of nitrogens with one attached hydrogen (secondary N) is 1. The van der Waals surface area contributed by atoms with Crippen LogP contribution in [-0.4, -0.2) is 56.0 Å². The summed E-state index contributed by atoms with van der Waals surface area (Å²) in [5.74, 6) is -1.82. The molecule has 1 unspecified atom stereocenters. The third-order valence-electron chi connectivity index (χ3n) is 3.76. The van der Waals surface area contributed by atoms with Crippen LogP contribution in [0.2, 0.25) is 0 Å². The minimum atomic E-state index is -3.86. The quantitative estimate of drug-likeness (QED) is 0.618. The molecular formula is C13H24N2O6S. The molecule has 2 N–H and O–H groups in total. The second-order valence-corrected chi connectivity index (χ2v) is 7.05. The number of ether oxygens (including phenoxy) is 1. The molecule has 1 heterocycles. The Morgan fingerprint density at radius 3 is 2.41 bits per heavy atom. The Kier molecular flexibility index (Phi) is 7.24. The van der Waals surface area contributed by atoms with E-state index in [-0.39, 0.29) is 31.4 Å². The molecule has 0 aliphatic carbocycles. The summed E-state index contributed by atoms with van der Waals surface area (Å²) in [4.78, 5) is 22.6. The number of aliphatic carboxylic acids is 1. The van der Waals surface area contributed by atoms with E-state index in [0.717, 1.165) is 6.42 Å². The number of carboxylic acids is 1. The minimum absolute atomic E-state index is 0.176. The molecule has 1 aliphatic rings. The number of carbonyl (C=O) groups is 2. The first-order valence-corrected chi connectivity index (χ1v) is 8.83. The number of carbonyl (C=O) groups excluding carboxylic acids is 1. The highest BCUT2D eigenvalue weighted by Gasteiger charge is 2.33. The van der Waals surface area contributed by atoms with E-state index in [0.29, 0.717) is 19.3 Å². The summed E-state index contributed by atoms with van der Waals surface area (Å²) in [7, 11) is -2.56. The Labute approximate surface area is 131 Å². The zero-order valence-electron chi connectivity index (χ0n) is 12.9. The van der Waals surface area contributed by atoms with E-state index in [4.69, 9.17) is 5.11 Å². The molecule has 8 nitrogen and oxygen atoms in total. The van der Waals surface area contributed by atoms with Gasteiger partial charge >= 0.3 is 11.9 Å². The zero-order valence-corrected chi connectivity index (χ0v) is 13.8. The summed E-state index contributed by atoms with van der Waals surface area (Å²) in [5, 5.41) is 9.10. The highest BCUT2D eigenvalue weighted by Crippen LogP contribution is 2.20. The molecule has 0 spiro atoms. The molecule has 1 saturated heterocycles. The first kappa shape index (κ1) is 18.9. The fourth-order valence-electron chi connectivity index (χ4n) is 2.39. The number of nitrogens with zero attached hydrogens (tertiary/aromatic N) is 1. The van der Waals surface area contributed by atoms with E-state index in [1.54, 1.807) is 0 Å². The first-order chi connectivity index (χ1) is 10.3. The van der Waals surface area contributed by atoms with Gasteiger partial charge in [-0.25, -0.2) is 0 Å². The van der Waals surface area contributed by atoms with Gasteiger partial charge in [0.1, 0.15) is 6.04 Å². The van der Waals surface area contributed by atoms with Crippen LogP contribution in [-0.2, 0) is 24.5 Å². The Morgan fingerprint density at radius 1 is 1.36 bits per heavy atom. The highest BCUT2D eigenvalue weighted by atomic mass is 32.2. The lowest BCUT2D eigenvalue weighted by Gasteiger charge is -2.30. The molecule has 1 fully saturated rings. The van der Waals surface area contributed by atoms with Crippen LogP contribution < -0.4 is 4.72 Å². The standard InChI is InChI=1S/C13H24N2O6S/c1-3-4-5-11(12(16)17)14-22(19,20)15-8-6-10(7-9-15)13(18)21-2/h10-11,14H,3-9H2,1-2H3,(H,16,17). The second kappa shape index (κ2) is 8.44. The van der Waals surface area contributed by atoms with Crippen LogP contribution in [0, 0.1) is 5.92 Å². The van der Waals surface area contributed by atoms with Gasteiger partial charge in [-0.1, -0.05) is 19.8 Å². The van der Waals surface area contributed by atoms with Gasteiger partial charge in [0.2, 0.25) is 0 Å². The molecule has 128 valence electrons. The lowest BCUT2D eigenvalue weighted by molar-refractivity contribution is -0.146. The second-order valence-electron chi connectivity index (χ2n) is 5.35. The van der Waals surface area contributed by atoms with Crippen LogP contribution in [0.3, 0.4) is 0 Å². The van der Waals surface area contributed by atoms with Crippen molar-refractivity contribution in [1.29, 1.82) is 0 Å². The monoisotopic (exact) mass is 336 g/mol. The van der Waals surface area contributed by atoms with Crippen molar-refractivity contribution in [2.45, 2.75) is 45.1 Å². The third-order valence-corrected chi connectivity index (χ3v) is 5.39. The van der Waals surface area contributed by atoms with Crippen molar-refractivity contribution in [2.24, 2.45) is 5.92 Å². The molecule has 22 heavy (non-hydrogen) atoms. The van der Waals surface area contributed by atoms with E-state index in [1.807, 2.05) is 6.92 Å². The summed E-state index contributed by atoms with van der Waals surface area (Å²) in [6.07, 6.45) is 2.42. The van der Waals surface area contributed by atoms with E-state index in [9.17, 15) is 18.0 Å². The molecule has 9 heteroatoms. The Balaban J connectivity index is 2.63. The fourth-order valence-corrected chi connectivity index (χ4v) is 3.81. The van der Waals surface area contributed by atoms with E-state index < -0.39 is 22.2 Å². The topological polar surface area (TPSA) is 113 Å². The van der Waals surface area contributed by atoms with Gasteiger partial charge in [-0.05, 0) is 19.3 Å². The lowest BCUT2D eigenvalue weighted by Crippen LogP contribution is -2.51. The van der Waals surface area contributed by atoms with Gasteiger partial charge in [-0.15, -0.1) is 0 Å². The average Bonchev–Trinajstić information content (AvgIpc) is 2.50. The average molecular weight is 336 g/mol. The molecule has 1 aliphatic heterocycles. The number of hydrogen-bond acceptors (Lipinski definition) is 5. The Morgan fingerprint density at radius 2 is 1.95 bits per heavy atom. The highest BCUT2D eigenvalue weighted by molar-refractivity contribution is 7.87. The number of piperidine rings is 1. The maximum absolute atomic E-state index is 12.2. The number of unbranched alkanes of at least 4 members (excludes halogenated alkanes) is 1. The molecule has 0 bridgehead atoms. The molecular weight excluding hydrogens is 312 g/mol. The largest absolute Gasteiger partial charge is 0.480 e. The van der Waals surface area contributed by atoms with Gasteiger partial charge < -0.3 is 9.84 Å². The van der Waals surface area contributed by atoms with Gasteiger partial charge in [0, 0.05) is 13.1 Å². The van der Waals surface area contributed by atoms with Crippen molar-refractivity contribution in [3.63, 3.8) is 0 Å². The summed E-state index contributed by atoms with van der Waals surface area (Å²) >= 11 is 0. The Bertz CT molecular complexity index is 485. The summed E-state index contributed by atoms with van der Waals surface area (Å²) in [6, 6.07) is -1.12. The van der Waals surface area contributed by atoms with E-state index in [2.05, 4.69) is 9.46 Å². The number of esters is 1. The number of carboxylic acid groups (broad SMARTS) is 1. The molecule has 0 aromatic heterocycles. The predicted molar refractivity (Wildman–Crippen MR) is 79.3 cm³/mol.